The van der Waals surface area contributed by atoms with Gasteiger partial charge in [0.15, 0.2) is 0 Å². The van der Waals surface area contributed by atoms with E-state index in [-0.39, 0.29) is 29.9 Å². The molecule has 5 nitrogen and oxygen atoms in total. The number of carbonyl (C=O) groups excluding carboxylic acids is 2. The van der Waals surface area contributed by atoms with Crippen LogP contribution in [0, 0.1) is 5.92 Å². The van der Waals surface area contributed by atoms with Crippen molar-refractivity contribution in [3.8, 4) is 0 Å². The molecule has 3 atom stereocenters. The molecule has 0 aromatic carbocycles. The summed E-state index contributed by atoms with van der Waals surface area (Å²) in [5, 5.41) is 13.5. The molecule has 2 amide bonds. The SMILES string of the molecule is CC(=O)NC1(C(=O)N2CCC[C@@H]2[C@@H]2CCCC[C@H]2O)CCCCC1. The third-order valence-corrected chi connectivity index (χ3v) is 6.37. The number of rotatable bonds is 3. The standard InChI is InChI=1S/C19H32N2O3/c1-14(22)20-19(11-5-2-6-12-19)18(24)21-13-7-9-16(21)15-8-3-4-10-17(15)23/h15-17,23H,2-13H2,1H3,(H,20,22)/t15-,16+,17+/m0/s1. The molecule has 3 rings (SSSR count). The van der Waals surface area contributed by atoms with Gasteiger partial charge in [-0.15, -0.1) is 0 Å². The highest BCUT2D eigenvalue weighted by Crippen LogP contribution is 2.38. The van der Waals surface area contributed by atoms with Gasteiger partial charge in [0.05, 0.1) is 6.10 Å². The van der Waals surface area contributed by atoms with Crippen molar-refractivity contribution in [1.82, 2.24) is 10.2 Å². The van der Waals surface area contributed by atoms with Crippen LogP contribution >= 0.6 is 0 Å². The minimum absolute atomic E-state index is 0.109. The Bertz CT molecular complexity index is 473. The molecule has 2 aliphatic carbocycles. The van der Waals surface area contributed by atoms with Gasteiger partial charge in [0.25, 0.3) is 0 Å². The van der Waals surface area contributed by atoms with Crippen LogP contribution in [0.2, 0.25) is 0 Å². The van der Waals surface area contributed by atoms with E-state index >= 15 is 0 Å². The smallest absolute Gasteiger partial charge is 0.248 e. The molecule has 0 radical (unpaired) electrons. The Labute approximate surface area is 145 Å². The quantitative estimate of drug-likeness (QED) is 0.831. The van der Waals surface area contributed by atoms with Gasteiger partial charge in [-0.1, -0.05) is 32.1 Å². The second-order valence-electron chi connectivity index (χ2n) is 8.05. The fourth-order valence-electron chi connectivity index (χ4n) is 5.24. The summed E-state index contributed by atoms with van der Waals surface area (Å²) in [6.07, 6.45) is 10.5. The van der Waals surface area contributed by atoms with Crippen LogP contribution in [-0.4, -0.2) is 46.1 Å². The normalized spacial score (nSPS) is 33.2. The van der Waals surface area contributed by atoms with Gasteiger partial charge >= 0.3 is 0 Å². The van der Waals surface area contributed by atoms with Crippen LogP contribution in [0.25, 0.3) is 0 Å². The second-order valence-corrected chi connectivity index (χ2v) is 8.05. The highest BCUT2D eigenvalue weighted by atomic mass is 16.3. The highest BCUT2D eigenvalue weighted by molar-refractivity contribution is 5.91. The lowest BCUT2D eigenvalue weighted by molar-refractivity contribution is -0.146. The zero-order valence-electron chi connectivity index (χ0n) is 14.9. The van der Waals surface area contributed by atoms with Crippen molar-refractivity contribution in [3.05, 3.63) is 0 Å². The van der Waals surface area contributed by atoms with Gasteiger partial charge in [0.2, 0.25) is 11.8 Å². The Hall–Kier alpha value is -1.10. The van der Waals surface area contributed by atoms with E-state index in [0.717, 1.165) is 77.2 Å². The number of nitrogens with zero attached hydrogens (tertiary/aromatic N) is 1. The zero-order valence-corrected chi connectivity index (χ0v) is 14.9. The van der Waals surface area contributed by atoms with Gasteiger partial charge in [0, 0.05) is 25.4 Å². The molecule has 0 aromatic rings. The average molecular weight is 336 g/mol. The summed E-state index contributed by atoms with van der Waals surface area (Å²) >= 11 is 0. The molecule has 1 heterocycles. The number of aliphatic hydroxyl groups is 1. The first-order valence-electron chi connectivity index (χ1n) is 9.81. The maximum absolute atomic E-state index is 13.4. The van der Waals surface area contributed by atoms with Crippen LogP contribution in [0.4, 0.5) is 0 Å². The number of aliphatic hydroxyl groups excluding tert-OH is 1. The maximum atomic E-state index is 13.4. The minimum Gasteiger partial charge on any atom is -0.393 e. The van der Waals surface area contributed by atoms with Crippen molar-refractivity contribution in [2.24, 2.45) is 5.92 Å². The zero-order chi connectivity index (χ0) is 17.2. The molecular formula is C19H32N2O3. The van der Waals surface area contributed by atoms with E-state index in [2.05, 4.69) is 5.32 Å². The third-order valence-electron chi connectivity index (χ3n) is 6.37. The summed E-state index contributed by atoms with van der Waals surface area (Å²) in [6, 6.07) is 0.153. The van der Waals surface area contributed by atoms with Crippen LogP contribution in [0.5, 0.6) is 0 Å². The van der Waals surface area contributed by atoms with Crippen LogP contribution in [-0.2, 0) is 9.59 Å². The average Bonchev–Trinajstić information content (AvgIpc) is 3.04. The summed E-state index contributed by atoms with van der Waals surface area (Å²) in [5.41, 5.74) is -0.702. The molecular weight excluding hydrogens is 304 g/mol. The molecule has 0 unspecified atom stereocenters. The van der Waals surface area contributed by atoms with Crippen molar-refractivity contribution in [2.75, 3.05) is 6.54 Å². The van der Waals surface area contributed by atoms with E-state index in [1.807, 2.05) is 4.90 Å². The lowest BCUT2D eigenvalue weighted by Gasteiger charge is -2.43. The Kier molecular flexibility index (Phi) is 5.48. The molecule has 0 bridgehead atoms. The first-order valence-corrected chi connectivity index (χ1v) is 9.81. The fraction of sp³-hybridized carbons (Fsp3) is 0.895. The lowest BCUT2D eigenvalue weighted by Crippen LogP contribution is -2.62. The predicted octanol–water partition coefficient (Wildman–Crippen LogP) is 2.37. The number of amides is 2. The van der Waals surface area contributed by atoms with Crippen LogP contribution in [0.15, 0.2) is 0 Å². The number of carbonyl (C=O) groups is 2. The monoisotopic (exact) mass is 336 g/mol. The topological polar surface area (TPSA) is 69.6 Å². The van der Waals surface area contributed by atoms with Gasteiger partial charge in [0.1, 0.15) is 5.54 Å². The Morgan fingerprint density at radius 1 is 1.00 bits per heavy atom. The van der Waals surface area contributed by atoms with Crippen molar-refractivity contribution in [2.45, 2.75) is 95.2 Å². The lowest BCUT2D eigenvalue weighted by atomic mass is 9.78. The molecule has 0 spiro atoms. The predicted molar refractivity (Wildman–Crippen MR) is 92.3 cm³/mol. The van der Waals surface area contributed by atoms with E-state index < -0.39 is 5.54 Å². The minimum atomic E-state index is -0.702. The number of nitrogens with one attached hydrogen (secondary N) is 1. The molecule has 1 saturated heterocycles. The number of hydrogen-bond donors (Lipinski definition) is 2. The van der Waals surface area contributed by atoms with E-state index in [0.29, 0.717) is 0 Å². The first kappa shape index (κ1) is 17.7. The Morgan fingerprint density at radius 3 is 2.38 bits per heavy atom. The first-order chi connectivity index (χ1) is 11.5. The fourth-order valence-corrected chi connectivity index (χ4v) is 5.24. The molecule has 3 fully saturated rings. The van der Waals surface area contributed by atoms with Gasteiger partial charge in [-0.25, -0.2) is 0 Å². The van der Waals surface area contributed by atoms with Crippen molar-refractivity contribution >= 4 is 11.8 Å². The maximum Gasteiger partial charge on any atom is 0.248 e. The Morgan fingerprint density at radius 2 is 1.71 bits per heavy atom. The molecule has 3 aliphatic rings. The van der Waals surface area contributed by atoms with Gasteiger partial charge < -0.3 is 15.3 Å². The molecule has 1 aliphatic heterocycles. The van der Waals surface area contributed by atoms with Crippen LogP contribution in [0.1, 0.15) is 77.6 Å². The van der Waals surface area contributed by atoms with E-state index in [1.54, 1.807) is 0 Å². The highest BCUT2D eigenvalue weighted by Gasteiger charge is 2.47. The molecule has 24 heavy (non-hydrogen) atoms. The summed E-state index contributed by atoms with van der Waals surface area (Å²) < 4.78 is 0. The van der Waals surface area contributed by atoms with Crippen molar-refractivity contribution < 1.29 is 14.7 Å². The molecule has 2 saturated carbocycles. The third kappa shape index (κ3) is 3.46. The summed E-state index contributed by atoms with van der Waals surface area (Å²) in [4.78, 5) is 27.2. The van der Waals surface area contributed by atoms with E-state index in [1.165, 1.54) is 6.92 Å². The van der Waals surface area contributed by atoms with Gasteiger partial charge in [-0.05, 0) is 38.5 Å². The number of likely N-dealkylation sites (tertiary alicyclic amines) is 1. The summed E-state index contributed by atoms with van der Waals surface area (Å²) in [7, 11) is 0. The van der Waals surface area contributed by atoms with Crippen LogP contribution in [0.3, 0.4) is 0 Å². The van der Waals surface area contributed by atoms with Crippen molar-refractivity contribution in [1.29, 1.82) is 0 Å². The van der Waals surface area contributed by atoms with Gasteiger partial charge in [-0.2, -0.15) is 0 Å². The van der Waals surface area contributed by atoms with Crippen molar-refractivity contribution in [3.63, 3.8) is 0 Å². The second kappa shape index (κ2) is 7.42. The van der Waals surface area contributed by atoms with E-state index in [4.69, 9.17) is 0 Å². The van der Waals surface area contributed by atoms with E-state index in [9.17, 15) is 14.7 Å². The van der Waals surface area contributed by atoms with Gasteiger partial charge in [-0.3, -0.25) is 9.59 Å². The summed E-state index contributed by atoms with van der Waals surface area (Å²) in [6.45, 7) is 2.28. The molecule has 2 N–H and O–H groups in total. The molecule has 5 heteroatoms. The molecule has 0 aromatic heterocycles. The molecule has 136 valence electrons. The Balaban J connectivity index is 1.79. The summed E-state index contributed by atoms with van der Waals surface area (Å²) in [5.74, 6) is 0.208. The number of hydrogen-bond acceptors (Lipinski definition) is 3. The van der Waals surface area contributed by atoms with Crippen LogP contribution < -0.4 is 5.32 Å². The largest absolute Gasteiger partial charge is 0.393 e.